The van der Waals surface area contributed by atoms with E-state index in [1.807, 2.05) is 30.3 Å². The van der Waals surface area contributed by atoms with E-state index >= 15 is 0 Å². The van der Waals surface area contributed by atoms with E-state index < -0.39 is 18.3 Å². The van der Waals surface area contributed by atoms with E-state index in [9.17, 15) is 9.90 Å². The number of hydrogen-bond acceptors (Lipinski definition) is 6. The first-order valence-electron chi connectivity index (χ1n) is 8.16. The van der Waals surface area contributed by atoms with Crippen molar-refractivity contribution in [3.63, 3.8) is 0 Å². The molecule has 0 aromatic heterocycles. The normalized spacial score (nSPS) is 29.6. The minimum absolute atomic E-state index is 0.183. The van der Waals surface area contributed by atoms with Gasteiger partial charge in [0.15, 0.2) is 5.17 Å². The fourth-order valence-electron chi connectivity index (χ4n) is 2.92. The lowest BCUT2D eigenvalue weighted by molar-refractivity contribution is -0.160. The molecule has 7 nitrogen and oxygen atoms in total. The summed E-state index contributed by atoms with van der Waals surface area (Å²) in [5.74, 6) is 0. The topological polar surface area (TPSA) is 91.6 Å². The first kappa shape index (κ1) is 18.2. The number of aliphatic hydroxyl groups is 1. The van der Waals surface area contributed by atoms with Crippen LogP contribution in [0.25, 0.3) is 0 Å². The van der Waals surface area contributed by atoms with Crippen LogP contribution >= 0.6 is 11.8 Å². The monoisotopic (exact) mass is 366 g/mol. The number of benzene rings is 1. The summed E-state index contributed by atoms with van der Waals surface area (Å²) in [5, 5.41) is 19.6. The molecular weight excluding hydrogens is 344 g/mol. The zero-order valence-electron chi connectivity index (χ0n) is 14.1. The number of fused-ring (bicyclic) bond motifs is 1. The van der Waals surface area contributed by atoms with Gasteiger partial charge in [0.25, 0.3) is 0 Å². The van der Waals surface area contributed by atoms with Gasteiger partial charge >= 0.3 is 6.09 Å². The highest BCUT2D eigenvalue weighted by atomic mass is 32.2. The molecule has 1 saturated heterocycles. The molecule has 2 aliphatic heterocycles. The van der Waals surface area contributed by atoms with Crippen LogP contribution in [-0.4, -0.2) is 63.2 Å². The first-order valence-corrected chi connectivity index (χ1v) is 9.04. The average molecular weight is 366 g/mol. The summed E-state index contributed by atoms with van der Waals surface area (Å²) in [6, 6.07) is 9.62. The molecule has 2 N–H and O–H groups in total. The van der Waals surface area contributed by atoms with Crippen LogP contribution in [0.5, 0.6) is 0 Å². The molecule has 0 saturated carbocycles. The molecule has 2 heterocycles. The predicted molar refractivity (Wildman–Crippen MR) is 94.6 cm³/mol. The standard InChI is InChI=1S/C17H22N2O5S/c1-10(20)14-13(23-9-11-6-4-3-5-7-11)8-12-15(24-14)25-16(18-12)19(2)17(21)22/h3-7,10,12-15,20H,8-9H2,1-2H3,(H,21,22)/t10?,12-,13+,14-,15-/m1/s1. The number of rotatable bonds is 4. The molecule has 1 amide bonds. The number of aliphatic hydroxyl groups excluding tert-OH is 1. The summed E-state index contributed by atoms with van der Waals surface area (Å²) < 4.78 is 12.0. The number of amidine groups is 1. The van der Waals surface area contributed by atoms with Gasteiger partial charge in [0.05, 0.1) is 24.9 Å². The molecule has 0 bridgehead atoms. The molecule has 1 unspecified atom stereocenters. The molecular formula is C17H22N2O5S. The van der Waals surface area contributed by atoms with Gasteiger partial charge in [0, 0.05) is 13.5 Å². The molecule has 1 aromatic rings. The van der Waals surface area contributed by atoms with Gasteiger partial charge in [-0.25, -0.2) is 4.79 Å². The smallest absolute Gasteiger partial charge is 0.413 e. The molecule has 1 fully saturated rings. The van der Waals surface area contributed by atoms with E-state index in [4.69, 9.17) is 14.6 Å². The highest BCUT2D eigenvalue weighted by Crippen LogP contribution is 2.38. The summed E-state index contributed by atoms with van der Waals surface area (Å²) in [6.45, 7) is 2.10. The Morgan fingerprint density at radius 3 is 2.84 bits per heavy atom. The lowest BCUT2D eigenvalue weighted by Crippen LogP contribution is -2.49. The van der Waals surface area contributed by atoms with E-state index in [2.05, 4.69) is 4.99 Å². The van der Waals surface area contributed by atoms with Crippen LogP contribution in [0.15, 0.2) is 35.3 Å². The quantitative estimate of drug-likeness (QED) is 0.848. The third-order valence-electron chi connectivity index (χ3n) is 4.30. The molecule has 0 radical (unpaired) electrons. The van der Waals surface area contributed by atoms with Crippen LogP contribution in [0.2, 0.25) is 0 Å². The molecule has 1 aromatic carbocycles. The number of carbonyl (C=O) groups is 1. The maximum Gasteiger partial charge on any atom is 0.413 e. The minimum Gasteiger partial charge on any atom is -0.465 e. The Bertz CT molecular complexity index is 639. The Morgan fingerprint density at radius 2 is 2.20 bits per heavy atom. The van der Waals surface area contributed by atoms with Gasteiger partial charge in [-0.05, 0) is 12.5 Å². The zero-order chi connectivity index (χ0) is 18.0. The van der Waals surface area contributed by atoms with Gasteiger partial charge in [0.1, 0.15) is 11.5 Å². The Hall–Kier alpha value is -1.61. The van der Waals surface area contributed by atoms with Crippen LogP contribution < -0.4 is 0 Å². The number of amides is 1. The van der Waals surface area contributed by atoms with Crippen molar-refractivity contribution in [1.29, 1.82) is 0 Å². The summed E-state index contributed by atoms with van der Waals surface area (Å²) in [5.41, 5.74) is 0.748. The summed E-state index contributed by atoms with van der Waals surface area (Å²) in [4.78, 5) is 16.7. The van der Waals surface area contributed by atoms with Crippen LogP contribution in [0.3, 0.4) is 0 Å². The molecule has 0 aliphatic carbocycles. The van der Waals surface area contributed by atoms with Crippen molar-refractivity contribution in [3.8, 4) is 0 Å². The molecule has 136 valence electrons. The van der Waals surface area contributed by atoms with Crippen molar-refractivity contribution in [2.75, 3.05) is 7.05 Å². The second-order valence-electron chi connectivity index (χ2n) is 6.22. The number of nitrogens with zero attached hydrogens (tertiary/aromatic N) is 2. The molecule has 8 heteroatoms. The van der Waals surface area contributed by atoms with Crippen LogP contribution in [0, 0.1) is 0 Å². The number of hydrogen-bond donors (Lipinski definition) is 2. The van der Waals surface area contributed by atoms with E-state index in [1.54, 1.807) is 6.92 Å². The second kappa shape index (κ2) is 7.74. The first-order chi connectivity index (χ1) is 12.0. The lowest BCUT2D eigenvalue weighted by Gasteiger charge is -2.38. The molecule has 25 heavy (non-hydrogen) atoms. The van der Waals surface area contributed by atoms with Gasteiger partial charge in [-0.1, -0.05) is 42.1 Å². The fraction of sp³-hybridized carbons (Fsp3) is 0.529. The molecule has 0 spiro atoms. The fourth-order valence-corrected chi connectivity index (χ4v) is 4.08. The van der Waals surface area contributed by atoms with Crippen molar-refractivity contribution in [2.24, 2.45) is 4.99 Å². The second-order valence-corrected chi connectivity index (χ2v) is 7.28. The van der Waals surface area contributed by atoms with Crippen molar-refractivity contribution >= 4 is 23.0 Å². The SMILES string of the molecule is CC(O)[C@H]1O[C@@H]2SC(N(C)C(=O)O)=N[C@@H]2C[C@@H]1OCc1ccccc1. The van der Waals surface area contributed by atoms with Gasteiger partial charge in [-0.2, -0.15) is 0 Å². The van der Waals surface area contributed by atoms with Gasteiger partial charge in [-0.15, -0.1) is 0 Å². The third-order valence-corrected chi connectivity index (χ3v) is 5.55. The predicted octanol–water partition coefficient (Wildman–Crippen LogP) is 2.15. The Balaban J connectivity index is 1.68. The minimum atomic E-state index is -1.06. The van der Waals surface area contributed by atoms with Gasteiger partial charge in [-0.3, -0.25) is 9.89 Å². The zero-order valence-corrected chi connectivity index (χ0v) is 14.9. The molecule has 2 aliphatic rings. The number of carboxylic acid groups (broad SMARTS) is 1. The van der Waals surface area contributed by atoms with Gasteiger partial charge < -0.3 is 19.7 Å². The van der Waals surface area contributed by atoms with E-state index in [0.717, 1.165) is 10.5 Å². The third kappa shape index (κ3) is 4.14. The van der Waals surface area contributed by atoms with E-state index in [1.165, 1.54) is 18.8 Å². The van der Waals surface area contributed by atoms with Crippen LogP contribution in [0.1, 0.15) is 18.9 Å². The molecule has 5 atom stereocenters. The maximum absolute atomic E-state index is 11.1. The maximum atomic E-state index is 11.1. The van der Waals surface area contributed by atoms with Gasteiger partial charge in [0.2, 0.25) is 0 Å². The Labute approximate surface area is 150 Å². The summed E-state index contributed by atoms with van der Waals surface area (Å²) in [6.07, 6.45) is -1.95. The lowest BCUT2D eigenvalue weighted by atomic mass is 9.98. The van der Waals surface area contributed by atoms with Crippen LogP contribution in [0.4, 0.5) is 4.79 Å². The highest BCUT2D eigenvalue weighted by molar-refractivity contribution is 8.14. The Kier molecular flexibility index (Phi) is 5.63. The average Bonchev–Trinajstić information content (AvgIpc) is 3.01. The van der Waals surface area contributed by atoms with Crippen molar-refractivity contribution in [3.05, 3.63) is 35.9 Å². The van der Waals surface area contributed by atoms with Crippen molar-refractivity contribution in [1.82, 2.24) is 4.90 Å². The summed E-state index contributed by atoms with van der Waals surface area (Å²) >= 11 is 1.27. The van der Waals surface area contributed by atoms with Crippen molar-refractivity contribution in [2.45, 2.75) is 49.7 Å². The van der Waals surface area contributed by atoms with E-state index in [-0.39, 0.29) is 17.6 Å². The van der Waals surface area contributed by atoms with Crippen molar-refractivity contribution < 1.29 is 24.5 Å². The number of thioether (sulfide) groups is 1. The molecule has 3 rings (SSSR count). The van der Waals surface area contributed by atoms with E-state index in [0.29, 0.717) is 18.2 Å². The van der Waals surface area contributed by atoms with Crippen LogP contribution in [-0.2, 0) is 16.1 Å². The highest BCUT2D eigenvalue weighted by Gasteiger charge is 2.45. The Morgan fingerprint density at radius 1 is 1.48 bits per heavy atom. The number of ether oxygens (including phenoxy) is 2. The number of aliphatic imine (C=N–C) groups is 1. The largest absolute Gasteiger partial charge is 0.465 e. The summed E-state index contributed by atoms with van der Waals surface area (Å²) in [7, 11) is 1.46.